The predicted molar refractivity (Wildman–Crippen MR) is 109 cm³/mol. The summed E-state index contributed by atoms with van der Waals surface area (Å²) in [6, 6.07) is 10.4. The number of unbranched alkanes of at least 4 members (excludes halogenated alkanes) is 1. The number of benzene rings is 2. The molecular weight excluding hydrogens is 374 g/mol. The number of carbonyl (C=O) groups excluding carboxylic acids is 3. The summed E-state index contributed by atoms with van der Waals surface area (Å²) in [6.45, 7) is 1.63. The molecule has 0 heterocycles. The number of methoxy groups -OCH3 is 2. The number of esters is 1. The molecule has 0 fully saturated rings. The number of hydrogen-bond acceptors (Lipinski definition) is 6. The molecule has 0 aliphatic carbocycles. The minimum atomic E-state index is -0.854. The third kappa shape index (κ3) is 5.81. The molecule has 1 amide bonds. The molecule has 2 aromatic carbocycles. The van der Waals surface area contributed by atoms with E-state index in [2.05, 4.69) is 12.2 Å². The Bertz CT molecular complexity index is 860. The van der Waals surface area contributed by atoms with Crippen LogP contribution in [0.2, 0.25) is 0 Å². The van der Waals surface area contributed by atoms with E-state index >= 15 is 0 Å². The van der Waals surface area contributed by atoms with E-state index in [1.807, 2.05) is 12.1 Å². The van der Waals surface area contributed by atoms with Crippen LogP contribution in [0.25, 0.3) is 0 Å². The fraction of sp³-hybridized carbons (Fsp3) is 0.318. The van der Waals surface area contributed by atoms with Crippen LogP contribution in [0, 0.1) is 0 Å². The van der Waals surface area contributed by atoms with Gasteiger partial charge in [0, 0.05) is 11.3 Å². The summed E-state index contributed by atoms with van der Waals surface area (Å²) in [7, 11) is 2.76. The van der Waals surface area contributed by atoms with Crippen LogP contribution < -0.4 is 14.8 Å². The molecule has 0 atom stereocenters. The van der Waals surface area contributed by atoms with Crippen molar-refractivity contribution in [3.8, 4) is 11.5 Å². The van der Waals surface area contributed by atoms with E-state index in [0.717, 1.165) is 19.3 Å². The van der Waals surface area contributed by atoms with Gasteiger partial charge in [0.25, 0.3) is 5.91 Å². The van der Waals surface area contributed by atoms with Crippen LogP contribution in [0.3, 0.4) is 0 Å². The summed E-state index contributed by atoms with van der Waals surface area (Å²) < 4.78 is 15.4. The Morgan fingerprint density at radius 1 is 1.03 bits per heavy atom. The van der Waals surface area contributed by atoms with E-state index in [9.17, 15) is 14.4 Å². The molecule has 0 aliphatic heterocycles. The zero-order valence-electron chi connectivity index (χ0n) is 16.8. The topological polar surface area (TPSA) is 90.9 Å². The molecule has 0 saturated carbocycles. The minimum Gasteiger partial charge on any atom is -0.493 e. The predicted octanol–water partition coefficient (Wildman–Crippen LogP) is 3.65. The smallest absolute Gasteiger partial charge is 0.343 e. The van der Waals surface area contributed by atoms with Gasteiger partial charge < -0.3 is 19.5 Å². The van der Waals surface area contributed by atoms with Crippen LogP contribution in [-0.2, 0) is 16.0 Å². The molecule has 0 aromatic heterocycles. The Hall–Kier alpha value is -3.35. The average molecular weight is 399 g/mol. The van der Waals surface area contributed by atoms with Gasteiger partial charge in [0.2, 0.25) is 0 Å². The summed E-state index contributed by atoms with van der Waals surface area (Å²) in [4.78, 5) is 35.9. The molecule has 1 N–H and O–H groups in total. The number of nitrogens with one attached hydrogen (secondary N) is 1. The van der Waals surface area contributed by atoms with Gasteiger partial charge in [-0.1, -0.05) is 25.5 Å². The van der Waals surface area contributed by atoms with Gasteiger partial charge in [-0.15, -0.1) is 0 Å². The molecule has 2 rings (SSSR count). The second kappa shape index (κ2) is 10.8. The number of aldehydes is 1. The Labute approximate surface area is 170 Å². The van der Waals surface area contributed by atoms with Crippen molar-refractivity contribution >= 4 is 23.9 Å². The van der Waals surface area contributed by atoms with Crippen molar-refractivity contribution in [2.45, 2.75) is 26.2 Å². The maximum Gasteiger partial charge on any atom is 0.343 e. The van der Waals surface area contributed by atoms with Gasteiger partial charge >= 0.3 is 5.97 Å². The molecule has 0 saturated heterocycles. The highest BCUT2D eigenvalue weighted by atomic mass is 16.5. The third-order valence-corrected chi connectivity index (χ3v) is 4.30. The van der Waals surface area contributed by atoms with Crippen molar-refractivity contribution in [3.05, 3.63) is 53.1 Å². The summed E-state index contributed by atoms with van der Waals surface area (Å²) >= 11 is 0. The van der Waals surface area contributed by atoms with Crippen LogP contribution in [0.4, 0.5) is 5.69 Å². The molecule has 7 heteroatoms. The Kier molecular flexibility index (Phi) is 8.21. The molecule has 0 aliphatic rings. The second-order valence-electron chi connectivity index (χ2n) is 6.31. The lowest BCUT2D eigenvalue weighted by molar-refractivity contribution is -0.119. The lowest BCUT2D eigenvalue weighted by Crippen LogP contribution is -2.22. The highest BCUT2D eigenvalue weighted by Gasteiger charge is 2.23. The zero-order valence-corrected chi connectivity index (χ0v) is 16.8. The highest BCUT2D eigenvalue weighted by molar-refractivity contribution is 6.03. The number of aryl methyl sites for hydroxylation is 1. The van der Waals surface area contributed by atoms with E-state index in [-0.39, 0.29) is 22.6 Å². The van der Waals surface area contributed by atoms with Gasteiger partial charge in [-0.2, -0.15) is 0 Å². The Balaban J connectivity index is 2.02. The molecule has 2 aromatic rings. The van der Waals surface area contributed by atoms with Crippen molar-refractivity contribution in [1.82, 2.24) is 0 Å². The maximum atomic E-state index is 12.5. The number of ether oxygens (including phenoxy) is 3. The molecule has 0 spiro atoms. The normalized spacial score (nSPS) is 10.2. The van der Waals surface area contributed by atoms with Crippen molar-refractivity contribution in [3.63, 3.8) is 0 Å². The molecule has 0 unspecified atom stereocenters. The number of anilines is 1. The van der Waals surface area contributed by atoms with E-state index in [1.165, 1.54) is 31.9 Å². The van der Waals surface area contributed by atoms with Crippen molar-refractivity contribution in [2.24, 2.45) is 0 Å². The molecule has 0 bridgehead atoms. The highest BCUT2D eigenvalue weighted by Crippen LogP contribution is 2.33. The van der Waals surface area contributed by atoms with Gasteiger partial charge in [-0.25, -0.2) is 4.79 Å². The average Bonchev–Trinajstić information content (AvgIpc) is 2.75. The zero-order chi connectivity index (χ0) is 21.2. The minimum absolute atomic E-state index is 0.0742. The second-order valence-corrected chi connectivity index (χ2v) is 6.31. The first-order valence-corrected chi connectivity index (χ1v) is 9.30. The monoisotopic (exact) mass is 399 g/mol. The third-order valence-electron chi connectivity index (χ3n) is 4.30. The fourth-order valence-corrected chi connectivity index (χ4v) is 2.79. The van der Waals surface area contributed by atoms with E-state index in [0.29, 0.717) is 12.0 Å². The molecule has 29 heavy (non-hydrogen) atoms. The van der Waals surface area contributed by atoms with Gasteiger partial charge in [-0.05, 0) is 42.7 Å². The van der Waals surface area contributed by atoms with Crippen LogP contribution in [-0.4, -0.2) is 39.0 Å². The summed E-state index contributed by atoms with van der Waals surface area (Å²) in [5.41, 5.74) is 1.80. The summed E-state index contributed by atoms with van der Waals surface area (Å²) in [5.74, 6) is -0.995. The van der Waals surface area contributed by atoms with Crippen LogP contribution >= 0.6 is 0 Å². The summed E-state index contributed by atoms with van der Waals surface area (Å²) in [6.07, 6.45) is 3.73. The van der Waals surface area contributed by atoms with E-state index in [1.54, 1.807) is 12.1 Å². The molecule has 0 radical (unpaired) electrons. The van der Waals surface area contributed by atoms with Gasteiger partial charge in [0.15, 0.2) is 24.4 Å². The Morgan fingerprint density at radius 3 is 2.34 bits per heavy atom. The van der Waals surface area contributed by atoms with E-state index < -0.39 is 18.5 Å². The number of rotatable bonds is 10. The van der Waals surface area contributed by atoms with E-state index in [4.69, 9.17) is 14.2 Å². The van der Waals surface area contributed by atoms with Crippen molar-refractivity contribution in [2.75, 3.05) is 26.1 Å². The molecular formula is C22H25NO6. The largest absolute Gasteiger partial charge is 0.493 e. The van der Waals surface area contributed by atoms with Crippen molar-refractivity contribution < 1.29 is 28.6 Å². The first-order chi connectivity index (χ1) is 14.0. The maximum absolute atomic E-state index is 12.5. The number of hydrogen-bond donors (Lipinski definition) is 1. The van der Waals surface area contributed by atoms with Gasteiger partial charge in [0.1, 0.15) is 5.56 Å². The summed E-state index contributed by atoms with van der Waals surface area (Å²) in [5, 5.41) is 2.67. The van der Waals surface area contributed by atoms with Gasteiger partial charge in [-0.3, -0.25) is 9.59 Å². The van der Waals surface area contributed by atoms with Gasteiger partial charge in [0.05, 0.1) is 14.2 Å². The first kappa shape index (κ1) is 21.9. The lowest BCUT2D eigenvalue weighted by atomic mass is 10.1. The van der Waals surface area contributed by atoms with Crippen molar-refractivity contribution in [1.29, 1.82) is 0 Å². The first-order valence-electron chi connectivity index (χ1n) is 9.30. The fourth-order valence-electron chi connectivity index (χ4n) is 2.79. The lowest BCUT2D eigenvalue weighted by Gasteiger charge is -2.14. The molecule has 154 valence electrons. The standard InChI is InChI=1S/C22H25NO6/c1-4-5-6-15-7-10-17(11-8-15)23-19(25)14-29-22(26)20-16(13-24)9-12-18(27-2)21(20)28-3/h7-13H,4-6,14H2,1-3H3,(H,23,25). The van der Waals surface area contributed by atoms with Crippen LogP contribution in [0.15, 0.2) is 36.4 Å². The molecule has 7 nitrogen and oxygen atoms in total. The van der Waals surface area contributed by atoms with Crippen LogP contribution in [0.1, 0.15) is 46.0 Å². The number of carbonyl (C=O) groups is 3. The number of amides is 1. The quantitative estimate of drug-likeness (QED) is 0.484. The van der Waals surface area contributed by atoms with Crippen LogP contribution in [0.5, 0.6) is 11.5 Å². The Morgan fingerprint density at radius 2 is 1.76 bits per heavy atom. The SMILES string of the molecule is CCCCc1ccc(NC(=O)COC(=O)c2c(C=O)ccc(OC)c2OC)cc1.